The Labute approximate surface area is 203 Å². The zero-order chi connectivity index (χ0) is 25.5. The molecule has 0 fully saturated rings. The van der Waals surface area contributed by atoms with E-state index in [1.807, 2.05) is 30.3 Å². The van der Waals surface area contributed by atoms with Crippen molar-refractivity contribution < 1.29 is 19.4 Å². The van der Waals surface area contributed by atoms with Crippen molar-refractivity contribution in [3.05, 3.63) is 111 Å². The SMILES string of the molecule is O=C(NNc1ncnc(Nc2ccc(Oc3ccccc3)cc2)c1[N+](=O)[O-])c1cccc([N+](=O)[O-])c1. The number of aromatic nitrogens is 2. The van der Waals surface area contributed by atoms with Crippen LogP contribution in [0.4, 0.5) is 28.7 Å². The second-order valence-electron chi connectivity index (χ2n) is 7.13. The largest absolute Gasteiger partial charge is 0.457 e. The number of carbonyl (C=O) groups excluding carboxylic acids is 1. The van der Waals surface area contributed by atoms with Crippen LogP contribution in [-0.2, 0) is 0 Å². The van der Waals surface area contributed by atoms with E-state index in [1.165, 1.54) is 18.2 Å². The van der Waals surface area contributed by atoms with Crippen LogP contribution >= 0.6 is 0 Å². The van der Waals surface area contributed by atoms with Gasteiger partial charge in [-0.25, -0.2) is 9.97 Å². The predicted molar refractivity (Wildman–Crippen MR) is 129 cm³/mol. The van der Waals surface area contributed by atoms with Crippen molar-refractivity contribution in [3.63, 3.8) is 0 Å². The maximum Gasteiger partial charge on any atom is 0.355 e. The van der Waals surface area contributed by atoms with Crippen LogP contribution in [-0.4, -0.2) is 25.7 Å². The van der Waals surface area contributed by atoms with Crippen LogP contribution in [0.15, 0.2) is 85.2 Å². The molecule has 0 spiro atoms. The summed E-state index contributed by atoms with van der Waals surface area (Å²) in [4.78, 5) is 41.5. The predicted octanol–water partition coefficient (Wildman–Crippen LogP) is 4.59. The zero-order valence-corrected chi connectivity index (χ0v) is 18.3. The lowest BCUT2D eigenvalue weighted by Gasteiger charge is -2.11. The first-order chi connectivity index (χ1) is 17.4. The second kappa shape index (κ2) is 10.6. The standard InChI is InChI=1S/C23H17N7O6/c31-23(15-5-4-6-17(13-15)29(32)33)28-27-22-20(30(34)35)21(24-14-25-22)26-16-9-11-19(12-10-16)36-18-7-2-1-3-8-18/h1-14H,(H,28,31)(H2,24,25,26,27). The quantitative estimate of drug-likeness (QED) is 0.224. The Morgan fingerprint density at radius 2 is 1.50 bits per heavy atom. The third kappa shape index (κ3) is 5.66. The fourth-order valence-corrected chi connectivity index (χ4v) is 3.05. The van der Waals surface area contributed by atoms with Gasteiger partial charge in [-0.2, -0.15) is 0 Å². The number of rotatable bonds is 9. The van der Waals surface area contributed by atoms with E-state index in [-0.39, 0.29) is 22.9 Å². The lowest BCUT2D eigenvalue weighted by Crippen LogP contribution is -2.30. The number of nitro benzene ring substituents is 1. The minimum atomic E-state index is -0.755. The summed E-state index contributed by atoms with van der Waals surface area (Å²) in [6, 6.07) is 20.9. The van der Waals surface area contributed by atoms with Crippen molar-refractivity contribution in [2.45, 2.75) is 0 Å². The number of non-ortho nitro benzene ring substituents is 1. The molecule has 0 atom stereocenters. The van der Waals surface area contributed by atoms with Crippen LogP contribution in [0, 0.1) is 20.2 Å². The van der Waals surface area contributed by atoms with Gasteiger partial charge in [-0.15, -0.1) is 0 Å². The lowest BCUT2D eigenvalue weighted by atomic mass is 10.2. The fraction of sp³-hybridized carbons (Fsp3) is 0. The molecule has 0 aliphatic heterocycles. The Morgan fingerprint density at radius 1 is 0.806 bits per heavy atom. The summed E-state index contributed by atoms with van der Waals surface area (Å²) in [5.41, 5.74) is 4.29. The maximum atomic E-state index is 12.4. The van der Waals surface area contributed by atoms with Gasteiger partial charge >= 0.3 is 5.69 Å². The van der Waals surface area contributed by atoms with Gasteiger partial charge in [0.2, 0.25) is 11.6 Å². The molecule has 0 unspecified atom stereocenters. The van der Waals surface area contributed by atoms with Crippen molar-refractivity contribution in [2.24, 2.45) is 0 Å². The van der Waals surface area contributed by atoms with Crippen molar-refractivity contribution in [1.29, 1.82) is 0 Å². The molecule has 13 nitrogen and oxygen atoms in total. The molecular formula is C23H17N7O6. The van der Waals surface area contributed by atoms with E-state index in [4.69, 9.17) is 4.74 Å². The molecule has 180 valence electrons. The Morgan fingerprint density at radius 3 is 2.19 bits per heavy atom. The number of ether oxygens (including phenoxy) is 1. The molecule has 0 saturated heterocycles. The van der Waals surface area contributed by atoms with Crippen molar-refractivity contribution in [3.8, 4) is 11.5 Å². The Balaban J connectivity index is 1.48. The van der Waals surface area contributed by atoms with Gasteiger partial charge in [0.1, 0.15) is 17.8 Å². The average molecular weight is 487 g/mol. The molecule has 13 heteroatoms. The van der Waals surface area contributed by atoms with Gasteiger partial charge < -0.3 is 10.1 Å². The first-order valence-electron chi connectivity index (χ1n) is 10.3. The molecule has 4 aromatic rings. The minimum Gasteiger partial charge on any atom is -0.457 e. The first-order valence-corrected chi connectivity index (χ1v) is 10.3. The number of hydrogen-bond acceptors (Lipinski definition) is 10. The van der Waals surface area contributed by atoms with Gasteiger partial charge in [0.25, 0.3) is 11.6 Å². The van der Waals surface area contributed by atoms with E-state index in [9.17, 15) is 25.0 Å². The van der Waals surface area contributed by atoms with E-state index in [0.29, 0.717) is 17.2 Å². The Hall–Kier alpha value is -5.59. The molecule has 0 radical (unpaired) electrons. The summed E-state index contributed by atoms with van der Waals surface area (Å²) in [6.45, 7) is 0. The van der Waals surface area contributed by atoms with E-state index < -0.39 is 21.4 Å². The van der Waals surface area contributed by atoms with Gasteiger partial charge in [0.15, 0.2) is 0 Å². The summed E-state index contributed by atoms with van der Waals surface area (Å²) >= 11 is 0. The van der Waals surface area contributed by atoms with Gasteiger partial charge in [-0.3, -0.25) is 35.9 Å². The summed E-state index contributed by atoms with van der Waals surface area (Å²) in [5, 5.41) is 25.5. The van der Waals surface area contributed by atoms with Gasteiger partial charge in [-0.1, -0.05) is 24.3 Å². The number of nitrogens with one attached hydrogen (secondary N) is 3. The van der Waals surface area contributed by atoms with Crippen molar-refractivity contribution >= 4 is 34.6 Å². The molecule has 36 heavy (non-hydrogen) atoms. The van der Waals surface area contributed by atoms with Gasteiger partial charge in [-0.05, 0) is 42.5 Å². The maximum absolute atomic E-state index is 12.4. The summed E-state index contributed by atoms with van der Waals surface area (Å²) < 4.78 is 5.73. The van der Waals surface area contributed by atoms with E-state index in [2.05, 4.69) is 26.1 Å². The smallest absolute Gasteiger partial charge is 0.355 e. The van der Waals surface area contributed by atoms with Crippen LogP contribution in [0.25, 0.3) is 0 Å². The summed E-state index contributed by atoms with van der Waals surface area (Å²) in [6.07, 6.45) is 1.07. The van der Waals surface area contributed by atoms with Crippen LogP contribution in [0.3, 0.4) is 0 Å². The number of carbonyl (C=O) groups is 1. The van der Waals surface area contributed by atoms with Crippen molar-refractivity contribution in [1.82, 2.24) is 15.4 Å². The Kier molecular flexibility index (Phi) is 6.91. The number of hydrogen-bond donors (Lipinski definition) is 3. The lowest BCUT2D eigenvalue weighted by molar-refractivity contribution is -0.384. The normalized spacial score (nSPS) is 10.2. The third-order valence-electron chi connectivity index (χ3n) is 4.71. The third-order valence-corrected chi connectivity index (χ3v) is 4.71. The number of benzene rings is 3. The van der Waals surface area contributed by atoms with Crippen LogP contribution in [0.2, 0.25) is 0 Å². The zero-order valence-electron chi connectivity index (χ0n) is 18.3. The number of hydrazine groups is 1. The second-order valence-corrected chi connectivity index (χ2v) is 7.13. The van der Waals surface area contributed by atoms with Crippen LogP contribution < -0.4 is 20.9 Å². The number of amides is 1. The average Bonchev–Trinajstić information content (AvgIpc) is 2.89. The van der Waals surface area contributed by atoms with Crippen LogP contribution in [0.1, 0.15) is 10.4 Å². The highest BCUT2D eigenvalue weighted by atomic mass is 16.6. The molecule has 0 bridgehead atoms. The minimum absolute atomic E-state index is 0.0235. The molecule has 1 aromatic heterocycles. The highest BCUT2D eigenvalue weighted by molar-refractivity contribution is 5.95. The molecular weight excluding hydrogens is 470 g/mol. The molecule has 1 heterocycles. The molecule has 0 saturated carbocycles. The fourth-order valence-electron chi connectivity index (χ4n) is 3.05. The van der Waals surface area contributed by atoms with Gasteiger partial charge in [0, 0.05) is 23.4 Å². The van der Waals surface area contributed by atoms with Crippen molar-refractivity contribution in [2.75, 3.05) is 10.7 Å². The summed E-state index contributed by atoms with van der Waals surface area (Å²) in [7, 11) is 0. The van der Waals surface area contributed by atoms with Crippen LogP contribution in [0.5, 0.6) is 11.5 Å². The van der Waals surface area contributed by atoms with E-state index in [0.717, 1.165) is 12.4 Å². The number of para-hydroxylation sites is 1. The topological polar surface area (TPSA) is 174 Å². The van der Waals surface area contributed by atoms with E-state index in [1.54, 1.807) is 24.3 Å². The highest BCUT2D eigenvalue weighted by Crippen LogP contribution is 2.31. The molecule has 3 aromatic carbocycles. The monoisotopic (exact) mass is 487 g/mol. The first kappa shape index (κ1) is 23.6. The highest BCUT2D eigenvalue weighted by Gasteiger charge is 2.24. The number of nitro groups is 2. The molecule has 4 rings (SSSR count). The Bertz CT molecular complexity index is 1410. The number of nitrogens with zero attached hydrogens (tertiary/aromatic N) is 4. The number of anilines is 3. The van der Waals surface area contributed by atoms with E-state index >= 15 is 0 Å². The molecule has 0 aliphatic rings. The molecule has 0 aliphatic carbocycles. The molecule has 1 amide bonds. The molecule has 3 N–H and O–H groups in total. The summed E-state index contributed by atoms with van der Waals surface area (Å²) in [5.74, 6) is 0.0527. The van der Waals surface area contributed by atoms with Gasteiger partial charge in [0.05, 0.1) is 9.85 Å².